The normalized spacial score (nSPS) is 10.7. The summed E-state index contributed by atoms with van der Waals surface area (Å²) in [6.07, 6.45) is 3.87. The van der Waals surface area contributed by atoms with Crippen LogP contribution in [0.3, 0.4) is 0 Å². The van der Waals surface area contributed by atoms with Gasteiger partial charge in [0, 0.05) is 18.2 Å². The van der Waals surface area contributed by atoms with Crippen molar-refractivity contribution in [2.24, 2.45) is 5.92 Å². The Bertz CT molecular complexity index is 577. The summed E-state index contributed by atoms with van der Waals surface area (Å²) >= 11 is 0. The van der Waals surface area contributed by atoms with Gasteiger partial charge in [-0.15, -0.1) is 0 Å². The van der Waals surface area contributed by atoms with Gasteiger partial charge in [0.15, 0.2) is 11.5 Å². The molecule has 24 heavy (non-hydrogen) atoms. The lowest BCUT2D eigenvalue weighted by molar-refractivity contribution is -0.138. The van der Waals surface area contributed by atoms with E-state index in [1.165, 1.54) is 20.3 Å². The molecule has 132 valence electrons. The van der Waals surface area contributed by atoms with Crippen LogP contribution in [-0.4, -0.2) is 32.8 Å². The predicted molar refractivity (Wildman–Crippen MR) is 89.4 cm³/mol. The maximum Gasteiger partial charge on any atom is 0.336 e. The molecule has 0 saturated heterocycles. The molecule has 0 unspecified atom stereocenters. The number of ether oxygens (including phenoxy) is 4. The molecule has 0 amide bonds. The fraction of sp³-hybridized carbons (Fsp3) is 0.444. The van der Waals surface area contributed by atoms with E-state index in [0.29, 0.717) is 24.0 Å². The number of carbonyl (C=O) groups is 2. The molecule has 6 nitrogen and oxygen atoms in total. The van der Waals surface area contributed by atoms with Crippen LogP contribution >= 0.6 is 0 Å². The summed E-state index contributed by atoms with van der Waals surface area (Å²) in [4.78, 5) is 23.2. The zero-order chi connectivity index (χ0) is 17.9. The van der Waals surface area contributed by atoms with Gasteiger partial charge in [-0.1, -0.05) is 13.8 Å². The lowest BCUT2D eigenvalue weighted by Crippen LogP contribution is -2.07. The van der Waals surface area contributed by atoms with Gasteiger partial charge in [-0.05, 0) is 30.9 Å². The van der Waals surface area contributed by atoms with Crippen LogP contribution in [0.1, 0.15) is 26.7 Å². The average molecular weight is 336 g/mol. The smallest absolute Gasteiger partial charge is 0.336 e. The third-order valence-electron chi connectivity index (χ3n) is 3.10. The fourth-order valence-corrected chi connectivity index (χ4v) is 1.88. The van der Waals surface area contributed by atoms with Crippen LogP contribution in [0, 0.1) is 5.92 Å². The molecule has 0 saturated carbocycles. The Hall–Kier alpha value is -2.50. The average Bonchev–Trinajstić information content (AvgIpc) is 2.56. The molecule has 0 fully saturated rings. The van der Waals surface area contributed by atoms with Crippen LogP contribution in [0.15, 0.2) is 30.4 Å². The SMILES string of the molecule is COc1ccc(OC(=O)/C=C/C(=O)OCCCC(C)C)cc1OC. The van der Waals surface area contributed by atoms with E-state index in [1.807, 2.05) is 0 Å². The monoisotopic (exact) mass is 336 g/mol. The molecular weight excluding hydrogens is 312 g/mol. The van der Waals surface area contributed by atoms with Gasteiger partial charge >= 0.3 is 11.9 Å². The molecule has 1 aromatic carbocycles. The van der Waals surface area contributed by atoms with Crippen LogP contribution in [0.5, 0.6) is 17.2 Å². The number of rotatable bonds is 9. The van der Waals surface area contributed by atoms with Gasteiger partial charge in [0.1, 0.15) is 5.75 Å². The van der Waals surface area contributed by atoms with E-state index >= 15 is 0 Å². The van der Waals surface area contributed by atoms with Crippen LogP contribution in [0.2, 0.25) is 0 Å². The third-order valence-corrected chi connectivity index (χ3v) is 3.10. The molecule has 0 atom stereocenters. The molecule has 0 aliphatic rings. The molecule has 0 heterocycles. The Kier molecular flexibility index (Phi) is 8.39. The molecule has 6 heteroatoms. The molecule has 0 bridgehead atoms. The third kappa shape index (κ3) is 7.17. The lowest BCUT2D eigenvalue weighted by atomic mass is 10.1. The van der Waals surface area contributed by atoms with E-state index in [-0.39, 0.29) is 5.75 Å². The van der Waals surface area contributed by atoms with Gasteiger partial charge in [-0.2, -0.15) is 0 Å². The first-order valence-electron chi connectivity index (χ1n) is 7.75. The number of hydrogen-bond donors (Lipinski definition) is 0. The Morgan fingerprint density at radius 3 is 2.33 bits per heavy atom. The summed E-state index contributed by atoms with van der Waals surface area (Å²) in [6.45, 7) is 4.55. The lowest BCUT2D eigenvalue weighted by Gasteiger charge is -2.09. The van der Waals surface area contributed by atoms with Crippen LogP contribution < -0.4 is 14.2 Å². The molecule has 0 aromatic heterocycles. The Morgan fingerprint density at radius 1 is 1.04 bits per heavy atom. The molecule has 0 radical (unpaired) electrons. The molecule has 0 aliphatic carbocycles. The quantitative estimate of drug-likeness (QED) is 0.299. The second-order valence-electron chi connectivity index (χ2n) is 5.47. The summed E-state index contributed by atoms with van der Waals surface area (Å²) in [5.41, 5.74) is 0. The van der Waals surface area contributed by atoms with Crippen molar-refractivity contribution in [3.8, 4) is 17.2 Å². The second kappa shape index (κ2) is 10.3. The maximum absolute atomic E-state index is 11.7. The minimum absolute atomic E-state index is 0.285. The molecule has 1 aromatic rings. The van der Waals surface area contributed by atoms with E-state index in [4.69, 9.17) is 18.9 Å². The highest BCUT2D eigenvalue weighted by atomic mass is 16.5. The van der Waals surface area contributed by atoms with E-state index in [2.05, 4.69) is 13.8 Å². The zero-order valence-electron chi connectivity index (χ0n) is 14.5. The standard InChI is InChI=1S/C18H24O6/c1-13(2)6-5-11-23-17(19)9-10-18(20)24-14-7-8-15(21-3)16(12-14)22-4/h7-10,12-13H,5-6,11H2,1-4H3/b10-9+. The van der Waals surface area contributed by atoms with Crippen molar-refractivity contribution in [3.05, 3.63) is 30.4 Å². The summed E-state index contributed by atoms with van der Waals surface area (Å²) in [6, 6.07) is 4.71. The Morgan fingerprint density at radius 2 is 1.71 bits per heavy atom. The Labute approximate surface area is 142 Å². The van der Waals surface area contributed by atoms with Crippen molar-refractivity contribution < 1.29 is 28.5 Å². The topological polar surface area (TPSA) is 71.1 Å². The van der Waals surface area contributed by atoms with E-state index in [0.717, 1.165) is 25.0 Å². The second-order valence-corrected chi connectivity index (χ2v) is 5.47. The minimum Gasteiger partial charge on any atom is -0.493 e. The molecule has 0 N–H and O–H groups in total. The number of carbonyl (C=O) groups excluding carboxylic acids is 2. The number of methoxy groups -OCH3 is 2. The molecular formula is C18H24O6. The van der Waals surface area contributed by atoms with Gasteiger partial charge in [-0.3, -0.25) is 0 Å². The molecule has 0 spiro atoms. The first-order chi connectivity index (χ1) is 11.5. The summed E-state index contributed by atoms with van der Waals surface area (Å²) < 4.78 is 20.3. The van der Waals surface area contributed by atoms with Gasteiger partial charge in [0.2, 0.25) is 0 Å². The fourth-order valence-electron chi connectivity index (χ4n) is 1.88. The van der Waals surface area contributed by atoms with Crippen molar-refractivity contribution in [2.45, 2.75) is 26.7 Å². The van der Waals surface area contributed by atoms with Crippen molar-refractivity contribution >= 4 is 11.9 Å². The largest absolute Gasteiger partial charge is 0.493 e. The Balaban J connectivity index is 2.46. The maximum atomic E-state index is 11.7. The van der Waals surface area contributed by atoms with Crippen LogP contribution in [0.25, 0.3) is 0 Å². The molecule has 0 aliphatic heterocycles. The highest BCUT2D eigenvalue weighted by Crippen LogP contribution is 2.30. The predicted octanol–water partition coefficient (Wildman–Crippen LogP) is 3.14. The summed E-state index contributed by atoms with van der Waals surface area (Å²) in [7, 11) is 3.00. The first-order valence-corrected chi connectivity index (χ1v) is 7.75. The van der Waals surface area contributed by atoms with Crippen LogP contribution in [-0.2, 0) is 14.3 Å². The first kappa shape index (κ1) is 19.5. The van der Waals surface area contributed by atoms with Gasteiger partial charge < -0.3 is 18.9 Å². The van der Waals surface area contributed by atoms with Crippen molar-refractivity contribution in [3.63, 3.8) is 0 Å². The van der Waals surface area contributed by atoms with Gasteiger partial charge in [0.05, 0.1) is 20.8 Å². The molecule has 1 rings (SSSR count). The summed E-state index contributed by atoms with van der Waals surface area (Å²) in [5.74, 6) is 0.571. The number of esters is 2. The highest BCUT2D eigenvalue weighted by Gasteiger charge is 2.08. The van der Waals surface area contributed by atoms with Crippen molar-refractivity contribution in [2.75, 3.05) is 20.8 Å². The van der Waals surface area contributed by atoms with E-state index < -0.39 is 11.9 Å². The van der Waals surface area contributed by atoms with E-state index in [1.54, 1.807) is 12.1 Å². The van der Waals surface area contributed by atoms with Crippen molar-refractivity contribution in [1.29, 1.82) is 0 Å². The van der Waals surface area contributed by atoms with Crippen LogP contribution in [0.4, 0.5) is 0 Å². The van der Waals surface area contributed by atoms with Gasteiger partial charge in [-0.25, -0.2) is 9.59 Å². The number of hydrogen-bond acceptors (Lipinski definition) is 6. The van der Waals surface area contributed by atoms with Crippen molar-refractivity contribution in [1.82, 2.24) is 0 Å². The number of benzene rings is 1. The highest BCUT2D eigenvalue weighted by molar-refractivity contribution is 5.92. The van der Waals surface area contributed by atoms with Gasteiger partial charge in [0.25, 0.3) is 0 Å². The zero-order valence-corrected chi connectivity index (χ0v) is 14.5. The summed E-state index contributed by atoms with van der Waals surface area (Å²) in [5, 5.41) is 0. The minimum atomic E-state index is -0.679. The van der Waals surface area contributed by atoms with E-state index in [9.17, 15) is 9.59 Å².